The zero-order valence-electron chi connectivity index (χ0n) is 14.5. The van der Waals surface area contributed by atoms with Gasteiger partial charge < -0.3 is 4.74 Å². The predicted molar refractivity (Wildman–Crippen MR) is 96.9 cm³/mol. The average molecular weight is 371 g/mol. The smallest absolute Gasteiger partial charge is 0.357 e. The number of ether oxygens (including phenoxy) is 1. The van der Waals surface area contributed by atoms with E-state index in [0.717, 1.165) is 22.6 Å². The molecule has 1 amide bonds. The normalized spacial score (nSPS) is 10.6. The van der Waals surface area contributed by atoms with Crippen molar-refractivity contribution in [2.75, 3.05) is 11.9 Å². The number of aromatic nitrogens is 4. The molecule has 0 saturated carbocycles. The lowest BCUT2D eigenvalue weighted by Crippen LogP contribution is -2.14. The molecule has 1 N–H and O–H groups in total. The summed E-state index contributed by atoms with van der Waals surface area (Å²) in [6.07, 6.45) is 0. The summed E-state index contributed by atoms with van der Waals surface area (Å²) in [6.45, 7) is 5.72. The van der Waals surface area contributed by atoms with E-state index in [-0.39, 0.29) is 18.0 Å². The maximum Gasteiger partial charge on any atom is 0.357 e. The highest BCUT2D eigenvalue weighted by Gasteiger charge is 2.19. The van der Waals surface area contributed by atoms with E-state index in [4.69, 9.17) is 4.74 Å². The number of aryl methyl sites for hydroxylation is 1. The number of hydrogen-bond donors (Lipinski definition) is 1. The first-order valence-electron chi connectivity index (χ1n) is 7.93. The second kappa shape index (κ2) is 7.44. The number of nitrogens with one attached hydrogen (secondary N) is 1. The monoisotopic (exact) mass is 371 g/mol. The number of carbonyl (C=O) groups is 2. The molecule has 0 aliphatic carbocycles. The van der Waals surface area contributed by atoms with Crippen molar-refractivity contribution in [3.63, 3.8) is 0 Å². The van der Waals surface area contributed by atoms with Gasteiger partial charge in [0.2, 0.25) is 0 Å². The van der Waals surface area contributed by atoms with Gasteiger partial charge in [0.05, 0.1) is 18.0 Å². The first kappa shape index (κ1) is 17.7. The Morgan fingerprint density at radius 1 is 1.31 bits per heavy atom. The Hall–Kier alpha value is -3.07. The lowest BCUT2D eigenvalue weighted by atomic mass is 10.2. The van der Waals surface area contributed by atoms with Crippen molar-refractivity contribution in [3.05, 3.63) is 52.3 Å². The van der Waals surface area contributed by atoms with Crippen molar-refractivity contribution in [3.8, 4) is 5.69 Å². The average Bonchev–Trinajstić information content (AvgIpc) is 3.22. The molecule has 0 bridgehead atoms. The Labute approximate surface area is 153 Å². The summed E-state index contributed by atoms with van der Waals surface area (Å²) >= 11 is 1.14. The minimum Gasteiger partial charge on any atom is -0.461 e. The number of nitrogens with zero attached hydrogens (tertiary/aromatic N) is 4. The van der Waals surface area contributed by atoms with Gasteiger partial charge >= 0.3 is 5.97 Å². The summed E-state index contributed by atoms with van der Waals surface area (Å²) in [5.74, 6) is -0.961. The van der Waals surface area contributed by atoms with Gasteiger partial charge in [0.25, 0.3) is 5.91 Å². The summed E-state index contributed by atoms with van der Waals surface area (Å²) < 4.78 is 6.48. The zero-order valence-corrected chi connectivity index (χ0v) is 15.3. The number of anilines is 1. The van der Waals surface area contributed by atoms with E-state index in [2.05, 4.69) is 20.6 Å². The zero-order chi connectivity index (χ0) is 18.7. The molecule has 0 atom stereocenters. The largest absolute Gasteiger partial charge is 0.461 e. The molecule has 0 fully saturated rings. The van der Waals surface area contributed by atoms with Crippen molar-refractivity contribution in [2.45, 2.75) is 20.8 Å². The van der Waals surface area contributed by atoms with Gasteiger partial charge in [0.15, 0.2) is 16.5 Å². The fourth-order valence-electron chi connectivity index (χ4n) is 2.33. The van der Waals surface area contributed by atoms with Crippen LogP contribution in [0, 0.1) is 13.8 Å². The molecule has 8 nitrogen and oxygen atoms in total. The fraction of sp³-hybridized carbons (Fsp3) is 0.235. The Morgan fingerprint density at radius 3 is 2.85 bits per heavy atom. The standard InChI is InChI=1S/C17H17N5O3S/c1-4-25-16(24)13-9-26-17(18-13)19-15(23)14-11(3)22(21-20-14)12-7-5-6-10(2)8-12/h5-9H,4H2,1-3H3,(H,18,19,23). The summed E-state index contributed by atoms with van der Waals surface area (Å²) in [6, 6.07) is 7.74. The van der Waals surface area contributed by atoms with Gasteiger partial charge in [-0.3, -0.25) is 10.1 Å². The van der Waals surface area contributed by atoms with Gasteiger partial charge in [0, 0.05) is 5.38 Å². The van der Waals surface area contributed by atoms with Crippen LogP contribution in [0.4, 0.5) is 5.13 Å². The second-order valence-electron chi connectivity index (χ2n) is 5.49. The number of carbonyl (C=O) groups excluding carboxylic acids is 2. The number of hydrogen-bond acceptors (Lipinski definition) is 7. The SMILES string of the molecule is CCOC(=O)c1csc(NC(=O)c2nnn(-c3cccc(C)c3)c2C)n1. The molecule has 0 aliphatic heterocycles. The molecule has 0 spiro atoms. The topological polar surface area (TPSA) is 99.0 Å². The Morgan fingerprint density at radius 2 is 2.12 bits per heavy atom. The Bertz CT molecular complexity index is 963. The third-order valence-corrected chi connectivity index (χ3v) is 4.32. The van der Waals surface area contributed by atoms with E-state index < -0.39 is 11.9 Å². The number of rotatable bonds is 5. The first-order valence-corrected chi connectivity index (χ1v) is 8.81. The summed E-state index contributed by atoms with van der Waals surface area (Å²) in [5.41, 5.74) is 2.87. The summed E-state index contributed by atoms with van der Waals surface area (Å²) in [4.78, 5) is 28.2. The lowest BCUT2D eigenvalue weighted by molar-refractivity contribution is 0.0520. The van der Waals surface area contributed by atoms with Crippen molar-refractivity contribution in [1.82, 2.24) is 20.0 Å². The molecule has 2 aromatic heterocycles. The van der Waals surface area contributed by atoms with E-state index in [1.807, 2.05) is 31.2 Å². The molecule has 3 aromatic rings. The number of thiazole rings is 1. The lowest BCUT2D eigenvalue weighted by Gasteiger charge is -2.04. The highest BCUT2D eigenvalue weighted by atomic mass is 32.1. The van der Waals surface area contributed by atoms with Crippen LogP contribution in [0.5, 0.6) is 0 Å². The Kier molecular flexibility index (Phi) is 5.08. The number of amides is 1. The highest BCUT2D eigenvalue weighted by Crippen LogP contribution is 2.19. The van der Waals surface area contributed by atoms with Crippen LogP contribution >= 0.6 is 11.3 Å². The molecular weight excluding hydrogens is 354 g/mol. The van der Waals surface area contributed by atoms with E-state index in [1.54, 1.807) is 18.5 Å². The molecule has 0 aliphatic rings. The van der Waals surface area contributed by atoms with Crippen molar-refractivity contribution >= 4 is 28.3 Å². The van der Waals surface area contributed by atoms with Gasteiger partial charge in [-0.1, -0.05) is 17.3 Å². The molecule has 9 heteroatoms. The van der Waals surface area contributed by atoms with Crippen LogP contribution in [0.25, 0.3) is 5.69 Å². The first-order chi connectivity index (χ1) is 12.5. The molecular formula is C17H17N5O3S. The molecule has 134 valence electrons. The number of benzene rings is 1. The van der Waals surface area contributed by atoms with Crippen molar-refractivity contribution in [2.24, 2.45) is 0 Å². The van der Waals surface area contributed by atoms with E-state index >= 15 is 0 Å². The molecule has 0 radical (unpaired) electrons. The summed E-state index contributed by atoms with van der Waals surface area (Å²) in [5, 5.41) is 12.5. The molecule has 2 heterocycles. The number of esters is 1. The third kappa shape index (κ3) is 3.62. The minimum atomic E-state index is -0.522. The predicted octanol–water partition coefficient (Wildman–Crippen LogP) is 2.77. The van der Waals surface area contributed by atoms with Crippen LogP contribution < -0.4 is 5.32 Å². The van der Waals surface area contributed by atoms with Crippen LogP contribution in [0.15, 0.2) is 29.6 Å². The quantitative estimate of drug-likeness (QED) is 0.693. The van der Waals surface area contributed by atoms with Gasteiger partial charge in [0.1, 0.15) is 0 Å². The molecule has 3 rings (SSSR count). The van der Waals surface area contributed by atoms with Crippen LogP contribution in [0.2, 0.25) is 0 Å². The van der Waals surface area contributed by atoms with Crippen LogP contribution in [0.1, 0.15) is 39.2 Å². The highest BCUT2D eigenvalue weighted by molar-refractivity contribution is 7.14. The minimum absolute atomic E-state index is 0.160. The maximum absolute atomic E-state index is 12.5. The molecule has 1 aromatic carbocycles. The molecule has 0 saturated heterocycles. The van der Waals surface area contributed by atoms with Crippen LogP contribution in [0.3, 0.4) is 0 Å². The second-order valence-corrected chi connectivity index (χ2v) is 6.34. The maximum atomic E-state index is 12.5. The van der Waals surface area contributed by atoms with E-state index in [9.17, 15) is 9.59 Å². The fourth-order valence-corrected chi connectivity index (χ4v) is 3.01. The van der Waals surface area contributed by atoms with Gasteiger partial charge in [-0.2, -0.15) is 0 Å². The van der Waals surface area contributed by atoms with Gasteiger partial charge in [-0.25, -0.2) is 14.5 Å². The van der Waals surface area contributed by atoms with Gasteiger partial charge in [-0.15, -0.1) is 16.4 Å². The van der Waals surface area contributed by atoms with Crippen molar-refractivity contribution in [1.29, 1.82) is 0 Å². The third-order valence-electron chi connectivity index (χ3n) is 3.57. The van der Waals surface area contributed by atoms with E-state index in [1.165, 1.54) is 5.38 Å². The molecule has 0 unspecified atom stereocenters. The van der Waals surface area contributed by atoms with Crippen LogP contribution in [-0.2, 0) is 4.74 Å². The van der Waals surface area contributed by atoms with Gasteiger partial charge in [-0.05, 0) is 38.5 Å². The molecule has 26 heavy (non-hydrogen) atoms. The van der Waals surface area contributed by atoms with Crippen molar-refractivity contribution < 1.29 is 14.3 Å². The van der Waals surface area contributed by atoms with E-state index in [0.29, 0.717) is 10.8 Å². The van der Waals surface area contributed by atoms with Crippen LogP contribution in [-0.4, -0.2) is 38.5 Å². The summed E-state index contributed by atoms with van der Waals surface area (Å²) in [7, 11) is 0. The Balaban J connectivity index is 1.78.